The van der Waals surface area contributed by atoms with Crippen LogP contribution in [-0.2, 0) is 43.9 Å². The molecule has 1 unspecified atom stereocenters. The van der Waals surface area contributed by atoms with Gasteiger partial charge in [-0.3, -0.25) is 0 Å². The summed E-state index contributed by atoms with van der Waals surface area (Å²) in [6.45, 7) is 8.11. The van der Waals surface area contributed by atoms with E-state index in [1.807, 2.05) is 30.5 Å². The molecule has 0 saturated heterocycles. The molecule has 352 valence electrons. The van der Waals surface area contributed by atoms with Gasteiger partial charge in [0.25, 0.3) is 0 Å². The van der Waals surface area contributed by atoms with Gasteiger partial charge in [-0.25, -0.2) is 11.1 Å². The molecule has 9 aromatic carbocycles. The van der Waals surface area contributed by atoms with Gasteiger partial charge in [-0.05, 0) is 67.5 Å². The summed E-state index contributed by atoms with van der Waals surface area (Å²) in [5, 5.41) is 2.82. The van der Waals surface area contributed by atoms with Crippen molar-refractivity contribution in [3.05, 3.63) is 305 Å². The van der Waals surface area contributed by atoms with Gasteiger partial charge in [0, 0.05) is 55.1 Å². The Kier molecular flexibility index (Phi) is 10.5. The molecule has 11 aromatic rings. The van der Waals surface area contributed by atoms with E-state index >= 15 is 0 Å². The third-order valence-corrected chi connectivity index (χ3v) is 16.3. The summed E-state index contributed by atoms with van der Waals surface area (Å²) in [4.78, 5) is 7.21. The van der Waals surface area contributed by atoms with Gasteiger partial charge in [0.2, 0.25) is 5.69 Å². The molecular weight excluding hydrogens is 1070 g/mol. The average Bonchev–Trinajstić information content (AvgIpc) is 3.85. The molecule has 0 amide bonds. The fourth-order valence-electron chi connectivity index (χ4n) is 12.9. The van der Waals surface area contributed by atoms with E-state index in [1.54, 1.807) is 0 Å². The van der Waals surface area contributed by atoms with E-state index in [4.69, 9.17) is 4.98 Å². The Hall–Kier alpha value is -7.97. The van der Waals surface area contributed by atoms with Gasteiger partial charge in [0.05, 0.1) is 16.6 Å². The van der Waals surface area contributed by atoms with E-state index in [-0.39, 0.29) is 26.5 Å². The van der Waals surface area contributed by atoms with Gasteiger partial charge in [-0.2, -0.15) is 41.0 Å². The Bertz CT molecular complexity index is 3890. The number of fused-ring (bicyclic) bond motifs is 4. The monoisotopic (exact) mass is 1110 g/mol. The van der Waals surface area contributed by atoms with Crippen LogP contribution in [0.2, 0.25) is 0 Å². The van der Waals surface area contributed by atoms with Crippen LogP contribution in [0.15, 0.2) is 231 Å². The molecule has 3 nitrogen and oxygen atoms in total. The molecular formula is C69H49N3Pt-2. The molecule has 2 aromatic heterocycles. The van der Waals surface area contributed by atoms with E-state index in [9.17, 15) is 0 Å². The summed E-state index contributed by atoms with van der Waals surface area (Å²) in [6, 6.07) is 90.3. The Morgan fingerprint density at radius 1 is 0.493 bits per heavy atom. The second-order valence-corrected chi connectivity index (χ2v) is 20.3. The number of hydrogen-bond acceptors (Lipinski definition) is 2. The normalized spacial score (nSPS) is 16.2. The summed E-state index contributed by atoms with van der Waals surface area (Å²) in [7, 11) is 0. The Morgan fingerprint density at radius 2 is 1.11 bits per heavy atom. The zero-order valence-electron chi connectivity index (χ0n) is 40.8. The summed E-state index contributed by atoms with van der Waals surface area (Å²) >= 11 is 0. The second kappa shape index (κ2) is 17.1. The molecule has 0 bridgehead atoms. The van der Waals surface area contributed by atoms with Crippen molar-refractivity contribution >= 4 is 27.8 Å². The number of anilines is 3. The molecule has 3 aliphatic heterocycles. The van der Waals surface area contributed by atoms with E-state index in [0.717, 1.165) is 40.3 Å². The first kappa shape index (κ1) is 44.9. The van der Waals surface area contributed by atoms with Gasteiger partial charge >= 0.3 is 0 Å². The predicted molar refractivity (Wildman–Crippen MR) is 291 cm³/mol. The van der Waals surface area contributed by atoms with E-state index < -0.39 is 10.8 Å². The van der Waals surface area contributed by atoms with Crippen LogP contribution >= 0.6 is 0 Å². The first-order valence-corrected chi connectivity index (χ1v) is 25.1. The summed E-state index contributed by atoms with van der Waals surface area (Å²) in [6.07, 6.45) is 4.09. The number of aromatic nitrogens is 2. The van der Waals surface area contributed by atoms with Gasteiger partial charge in [-0.1, -0.05) is 190 Å². The summed E-state index contributed by atoms with van der Waals surface area (Å²) < 4.78 is 2.41. The number of benzene rings is 9. The molecule has 4 heteroatoms. The molecule has 1 aliphatic carbocycles. The third-order valence-electron chi connectivity index (χ3n) is 16.3. The van der Waals surface area contributed by atoms with E-state index in [1.165, 1.54) is 83.4 Å². The maximum Gasteiger partial charge on any atom is 0.221 e. The number of hydrogen-bond donors (Lipinski definition) is 0. The number of para-hydroxylation sites is 1. The van der Waals surface area contributed by atoms with Gasteiger partial charge in [0.15, 0.2) is 12.7 Å². The maximum absolute atomic E-state index is 4.76. The van der Waals surface area contributed by atoms with Crippen molar-refractivity contribution in [2.75, 3.05) is 4.90 Å². The SMILES string of the molecule is CC1(C)c2cccc3c2-c2c4c1cccc4cc[n+]2C3.CC1(c2ccccc2)c2ccc(-c3ccccn3)[c-]c2N2c3[c-]c(-c4[c-]cccc4)ccc3C(c3ccccc3)(c3ccccc3)c3cccc1c32.[Pt]. The molecule has 0 radical (unpaired) electrons. The fourth-order valence-corrected chi connectivity index (χ4v) is 12.9. The van der Waals surface area contributed by atoms with Crippen molar-refractivity contribution in [2.45, 2.75) is 43.6 Å². The fraction of sp³-hybridized carbons (Fsp3) is 0.101. The van der Waals surface area contributed by atoms with Crippen LogP contribution in [0.4, 0.5) is 17.1 Å². The van der Waals surface area contributed by atoms with Crippen LogP contribution in [0.1, 0.15) is 76.4 Å². The quantitative estimate of drug-likeness (QED) is 0.126. The molecule has 0 N–H and O–H groups in total. The summed E-state index contributed by atoms with van der Waals surface area (Å²) in [5.41, 5.74) is 21.8. The Morgan fingerprint density at radius 3 is 1.84 bits per heavy atom. The van der Waals surface area contributed by atoms with Gasteiger partial charge in [-0.15, -0.1) is 35.9 Å². The summed E-state index contributed by atoms with van der Waals surface area (Å²) in [5.74, 6) is 0. The van der Waals surface area contributed by atoms with E-state index in [0.29, 0.717) is 0 Å². The molecule has 4 aliphatic rings. The van der Waals surface area contributed by atoms with Gasteiger partial charge in [0.1, 0.15) is 0 Å². The molecule has 73 heavy (non-hydrogen) atoms. The van der Waals surface area contributed by atoms with Crippen molar-refractivity contribution in [3.63, 3.8) is 0 Å². The molecule has 1 atom stereocenters. The first-order chi connectivity index (χ1) is 35.4. The van der Waals surface area contributed by atoms with Crippen molar-refractivity contribution in [1.29, 1.82) is 0 Å². The maximum atomic E-state index is 4.76. The van der Waals surface area contributed by atoms with Crippen LogP contribution in [0, 0.1) is 18.2 Å². The standard InChI is InChI=1S/C50H33N2.C19H16N.Pt/c1-49(38-19-8-3-9-20-38)41-30-29-37(45-27-14-15-32-51-45)34-46(41)52-47-33-36(35-17-6-2-7-18-35)28-31-42(47)50(39-21-10-4-11-22-39,40-23-12-5-13-24-40)44-26-16-25-43(49)48(44)52;1-19(2)14-7-3-5-12-9-10-20-11-13-6-4-8-15(19)17(13)18(20)16(12)14;/h2-17,19-32H,1H3;3-10H,11H2,1-2H3;/q-3;+1;. The number of pyridine rings is 2. The van der Waals surface area contributed by atoms with Crippen LogP contribution in [0.25, 0.3) is 44.4 Å². The second-order valence-electron chi connectivity index (χ2n) is 20.3. The number of rotatable bonds is 5. The minimum Gasteiger partial charge on any atom is -0.346 e. The smallest absolute Gasteiger partial charge is 0.221 e. The molecule has 0 saturated carbocycles. The Balaban J connectivity index is 0.000000204. The van der Waals surface area contributed by atoms with Crippen molar-refractivity contribution in [1.82, 2.24) is 4.98 Å². The van der Waals surface area contributed by atoms with Gasteiger partial charge < -0.3 is 9.88 Å². The minimum atomic E-state index is -0.636. The zero-order chi connectivity index (χ0) is 48.2. The predicted octanol–water partition coefficient (Wildman–Crippen LogP) is 15.4. The molecule has 15 rings (SSSR count). The number of nitrogens with zero attached hydrogens (tertiary/aromatic N) is 3. The van der Waals surface area contributed by atoms with Crippen LogP contribution < -0.4 is 9.47 Å². The van der Waals surface area contributed by atoms with Crippen molar-refractivity contribution in [3.8, 4) is 33.6 Å². The van der Waals surface area contributed by atoms with Crippen LogP contribution in [0.3, 0.4) is 0 Å². The van der Waals surface area contributed by atoms with Crippen molar-refractivity contribution in [2.24, 2.45) is 0 Å². The van der Waals surface area contributed by atoms with Crippen molar-refractivity contribution < 1.29 is 25.6 Å². The topological polar surface area (TPSA) is 20.0 Å². The zero-order valence-corrected chi connectivity index (χ0v) is 43.1. The third kappa shape index (κ3) is 6.48. The first-order valence-electron chi connectivity index (χ1n) is 25.1. The van der Waals surface area contributed by atoms with Crippen LogP contribution in [0.5, 0.6) is 0 Å². The average molecular weight is 1120 g/mol. The Labute approximate surface area is 442 Å². The largest absolute Gasteiger partial charge is 0.346 e. The minimum absolute atomic E-state index is 0. The van der Waals surface area contributed by atoms with E-state index in [2.05, 4.69) is 249 Å². The van der Waals surface area contributed by atoms with Crippen LogP contribution in [-0.4, -0.2) is 4.98 Å². The molecule has 0 spiro atoms. The molecule has 0 fully saturated rings. The molecule has 5 heterocycles.